The van der Waals surface area contributed by atoms with Gasteiger partial charge in [-0.25, -0.2) is 0 Å². The Labute approximate surface area is 174 Å². The van der Waals surface area contributed by atoms with Crippen LogP contribution in [0.3, 0.4) is 0 Å². The van der Waals surface area contributed by atoms with Crippen molar-refractivity contribution in [3.63, 3.8) is 0 Å². The molecule has 160 valence electrons. The first kappa shape index (κ1) is 21.6. The molecular formula is C22H35N5O2. The van der Waals surface area contributed by atoms with Gasteiger partial charge in [-0.1, -0.05) is 13.8 Å². The minimum atomic E-state index is -0.0492. The third kappa shape index (κ3) is 5.28. The lowest BCUT2D eigenvalue weighted by Crippen LogP contribution is -2.44. The Morgan fingerprint density at radius 2 is 2.14 bits per heavy atom. The zero-order chi connectivity index (χ0) is 21.2. The van der Waals surface area contributed by atoms with Gasteiger partial charge < -0.3 is 19.5 Å². The van der Waals surface area contributed by atoms with Gasteiger partial charge in [-0.3, -0.25) is 9.48 Å². The zero-order valence-corrected chi connectivity index (χ0v) is 18.7. The van der Waals surface area contributed by atoms with Crippen LogP contribution in [0.15, 0.2) is 22.8 Å². The van der Waals surface area contributed by atoms with Gasteiger partial charge in [-0.05, 0) is 50.9 Å². The number of carbonyl (C=O) groups excluding carboxylic acids is 1. The number of fused-ring (bicyclic) bond motifs is 1. The number of aryl methyl sites for hydroxylation is 1. The first-order valence-electron chi connectivity index (χ1n) is 10.4. The van der Waals surface area contributed by atoms with Gasteiger partial charge in [0.15, 0.2) is 5.69 Å². The maximum Gasteiger partial charge on any atom is 0.274 e. The lowest BCUT2D eigenvalue weighted by atomic mass is 9.88. The monoisotopic (exact) mass is 401 g/mol. The van der Waals surface area contributed by atoms with Gasteiger partial charge in [0.25, 0.3) is 5.91 Å². The molecule has 0 aliphatic heterocycles. The Balaban J connectivity index is 1.68. The van der Waals surface area contributed by atoms with Crippen molar-refractivity contribution in [2.45, 2.75) is 45.7 Å². The van der Waals surface area contributed by atoms with Crippen molar-refractivity contribution in [1.29, 1.82) is 0 Å². The Morgan fingerprint density at radius 3 is 2.79 bits per heavy atom. The Bertz CT molecular complexity index is 823. The lowest BCUT2D eigenvalue weighted by molar-refractivity contribution is 0.0767. The van der Waals surface area contributed by atoms with Crippen LogP contribution in [-0.2, 0) is 26.4 Å². The number of carbonyl (C=O) groups is 1. The number of nitrogens with zero attached hydrogens (tertiary/aromatic N) is 4. The first-order valence-corrected chi connectivity index (χ1v) is 10.4. The molecule has 2 aromatic heterocycles. The van der Waals surface area contributed by atoms with E-state index in [1.165, 1.54) is 5.69 Å². The molecule has 1 amide bonds. The number of hydrogen-bond acceptors (Lipinski definition) is 5. The highest BCUT2D eigenvalue weighted by molar-refractivity contribution is 5.94. The summed E-state index contributed by atoms with van der Waals surface area (Å²) in [6, 6.07) is 4.09. The lowest BCUT2D eigenvalue weighted by Gasteiger charge is -2.32. The molecule has 0 bridgehead atoms. The number of amides is 1. The SMILES string of the molecule is CN(C)CC(C)(C)CNC1CCc2c(c(C(=O)N(C)Cc3ccco3)nn2C)C1. The van der Waals surface area contributed by atoms with Gasteiger partial charge in [0.1, 0.15) is 5.76 Å². The molecule has 1 N–H and O–H groups in total. The predicted molar refractivity (Wildman–Crippen MR) is 114 cm³/mol. The molecular weight excluding hydrogens is 366 g/mol. The van der Waals surface area contributed by atoms with Crippen LogP contribution in [0.5, 0.6) is 0 Å². The summed E-state index contributed by atoms with van der Waals surface area (Å²) in [4.78, 5) is 17.0. The normalized spacial score (nSPS) is 16.9. The van der Waals surface area contributed by atoms with Crippen LogP contribution >= 0.6 is 0 Å². The van der Waals surface area contributed by atoms with E-state index in [9.17, 15) is 4.79 Å². The molecule has 7 nitrogen and oxygen atoms in total. The average Bonchev–Trinajstić information content (AvgIpc) is 3.26. The van der Waals surface area contributed by atoms with E-state index in [4.69, 9.17) is 4.42 Å². The van der Waals surface area contributed by atoms with Crippen molar-refractivity contribution in [3.05, 3.63) is 41.1 Å². The maximum absolute atomic E-state index is 13.1. The highest BCUT2D eigenvalue weighted by atomic mass is 16.3. The van der Waals surface area contributed by atoms with Gasteiger partial charge in [-0.2, -0.15) is 5.10 Å². The third-order valence-corrected chi connectivity index (χ3v) is 5.59. The second kappa shape index (κ2) is 8.71. The van der Waals surface area contributed by atoms with Crippen molar-refractivity contribution in [3.8, 4) is 0 Å². The molecule has 29 heavy (non-hydrogen) atoms. The van der Waals surface area contributed by atoms with Crippen molar-refractivity contribution in [2.24, 2.45) is 12.5 Å². The fourth-order valence-corrected chi connectivity index (χ4v) is 4.36. The van der Waals surface area contributed by atoms with E-state index < -0.39 is 0 Å². The van der Waals surface area contributed by atoms with E-state index in [-0.39, 0.29) is 11.3 Å². The predicted octanol–water partition coefficient (Wildman–Crippen LogP) is 2.32. The van der Waals surface area contributed by atoms with Crippen LogP contribution < -0.4 is 5.32 Å². The molecule has 0 aromatic carbocycles. The molecule has 1 aliphatic rings. The topological polar surface area (TPSA) is 66.5 Å². The third-order valence-electron chi connectivity index (χ3n) is 5.59. The van der Waals surface area contributed by atoms with Gasteiger partial charge in [0.05, 0.1) is 12.8 Å². The molecule has 7 heteroatoms. The highest BCUT2D eigenvalue weighted by Crippen LogP contribution is 2.26. The van der Waals surface area contributed by atoms with E-state index in [0.29, 0.717) is 18.3 Å². The summed E-state index contributed by atoms with van der Waals surface area (Å²) < 4.78 is 7.27. The number of furan rings is 1. The quantitative estimate of drug-likeness (QED) is 0.735. The number of hydrogen-bond donors (Lipinski definition) is 1. The van der Waals surface area contributed by atoms with Gasteiger partial charge in [0, 0.05) is 44.5 Å². The summed E-state index contributed by atoms with van der Waals surface area (Å²) >= 11 is 0. The largest absolute Gasteiger partial charge is 0.467 e. The van der Waals surface area contributed by atoms with E-state index in [1.54, 1.807) is 18.2 Å². The van der Waals surface area contributed by atoms with E-state index >= 15 is 0 Å². The Kier molecular flexibility index (Phi) is 6.49. The van der Waals surface area contributed by atoms with Crippen molar-refractivity contribution in [1.82, 2.24) is 24.9 Å². The van der Waals surface area contributed by atoms with Crippen molar-refractivity contribution < 1.29 is 9.21 Å². The van der Waals surface area contributed by atoms with Crippen LogP contribution in [0.2, 0.25) is 0 Å². The number of aromatic nitrogens is 2. The molecule has 2 heterocycles. The van der Waals surface area contributed by atoms with Crippen LogP contribution in [0.4, 0.5) is 0 Å². The van der Waals surface area contributed by atoms with Crippen LogP contribution in [0.1, 0.15) is 47.8 Å². The molecule has 1 unspecified atom stereocenters. The second-order valence-corrected chi connectivity index (χ2v) is 9.36. The fraction of sp³-hybridized carbons (Fsp3) is 0.636. The Morgan fingerprint density at radius 1 is 1.38 bits per heavy atom. The maximum atomic E-state index is 13.1. The van der Waals surface area contributed by atoms with Gasteiger partial charge in [0.2, 0.25) is 0 Å². The van der Waals surface area contributed by atoms with Gasteiger partial charge >= 0.3 is 0 Å². The molecule has 0 saturated carbocycles. The van der Waals surface area contributed by atoms with Crippen molar-refractivity contribution in [2.75, 3.05) is 34.2 Å². The summed E-state index contributed by atoms with van der Waals surface area (Å²) in [5.74, 6) is 0.722. The fourth-order valence-electron chi connectivity index (χ4n) is 4.36. The van der Waals surface area contributed by atoms with E-state index in [2.05, 4.69) is 43.3 Å². The zero-order valence-electron chi connectivity index (χ0n) is 18.7. The van der Waals surface area contributed by atoms with Gasteiger partial charge in [-0.15, -0.1) is 0 Å². The molecule has 2 aromatic rings. The standard InChI is InChI=1S/C22H35N5O2/c1-22(2,15-25(3)4)14-23-16-9-10-19-18(12-16)20(24-27(19)6)21(28)26(5)13-17-8-7-11-29-17/h7-8,11,16,23H,9-10,12-15H2,1-6H3. The molecule has 0 fully saturated rings. The average molecular weight is 402 g/mol. The molecule has 0 spiro atoms. The molecule has 1 atom stereocenters. The smallest absolute Gasteiger partial charge is 0.274 e. The number of rotatable bonds is 8. The van der Waals surface area contributed by atoms with Crippen molar-refractivity contribution >= 4 is 5.91 Å². The summed E-state index contributed by atoms with van der Waals surface area (Å²) in [6.07, 6.45) is 4.49. The molecule has 0 radical (unpaired) electrons. The van der Waals surface area contributed by atoms with Crippen LogP contribution in [-0.4, -0.2) is 65.8 Å². The summed E-state index contributed by atoms with van der Waals surface area (Å²) in [5, 5.41) is 8.33. The minimum absolute atomic E-state index is 0.0492. The Hall–Kier alpha value is -2.12. The summed E-state index contributed by atoms with van der Waals surface area (Å²) in [7, 11) is 7.97. The summed E-state index contributed by atoms with van der Waals surface area (Å²) in [6.45, 7) is 7.00. The van der Waals surface area contributed by atoms with Crippen LogP contribution in [0.25, 0.3) is 0 Å². The molecule has 1 aliphatic carbocycles. The first-order chi connectivity index (χ1) is 13.7. The number of nitrogens with one attached hydrogen (secondary N) is 1. The summed E-state index contributed by atoms with van der Waals surface area (Å²) in [5.41, 5.74) is 3.06. The van der Waals surface area contributed by atoms with E-state index in [1.807, 2.05) is 23.9 Å². The molecule has 0 saturated heterocycles. The second-order valence-electron chi connectivity index (χ2n) is 9.36. The highest BCUT2D eigenvalue weighted by Gasteiger charge is 2.30. The molecule has 3 rings (SSSR count). The van der Waals surface area contributed by atoms with Crippen LogP contribution in [0, 0.1) is 5.41 Å². The minimum Gasteiger partial charge on any atom is -0.467 e. The van der Waals surface area contributed by atoms with E-state index in [0.717, 1.165) is 43.7 Å².